The van der Waals surface area contributed by atoms with Gasteiger partial charge >= 0.3 is 0 Å². The van der Waals surface area contributed by atoms with E-state index in [0.717, 1.165) is 6.42 Å². The van der Waals surface area contributed by atoms with Gasteiger partial charge in [0.15, 0.2) is 0 Å². The number of carbonyl (C=O) groups excluding carboxylic acids is 2. The molecule has 0 aliphatic heterocycles. The lowest BCUT2D eigenvalue weighted by molar-refractivity contribution is -0.158. The molecule has 3 fully saturated rings. The van der Waals surface area contributed by atoms with Crippen LogP contribution in [0.15, 0.2) is 0 Å². The number of carbonyl (C=O) groups is 2. The topological polar surface area (TPSA) is 34.1 Å². The van der Waals surface area contributed by atoms with Crippen LogP contribution in [0.2, 0.25) is 0 Å². The predicted octanol–water partition coefficient (Wildman–Crippen LogP) is 3.24. The fraction of sp³-hybridized carbons (Fsp3) is 0.875. The molecule has 0 heterocycles. The molecule has 0 amide bonds. The van der Waals surface area contributed by atoms with Crippen molar-refractivity contribution in [2.75, 3.05) is 0 Å². The van der Waals surface area contributed by atoms with Gasteiger partial charge in [-0.05, 0) is 29.1 Å². The van der Waals surface area contributed by atoms with E-state index in [0.29, 0.717) is 11.8 Å². The Morgan fingerprint density at radius 2 is 1.17 bits per heavy atom. The van der Waals surface area contributed by atoms with Crippen LogP contribution in [0.1, 0.15) is 54.4 Å². The molecule has 0 aromatic rings. The smallest absolute Gasteiger partial charge is 0.147 e. The second-order valence-corrected chi connectivity index (χ2v) is 7.86. The number of rotatable bonds is 0. The van der Waals surface area contributed by atoms with Crippen molar-refractivity contribution in [2.45, 2.75) is 54.4 Å². The van der Waals surface area contributed by atoms with E-state index in [2.05, 4.69) is 41.5 Å². The molecule has 0 saturated heterocycles. The summed E-state index contributed by atoms with van der Waals surface area (Å²) in [7, 11) is 0. The number of ketones is 2. The summed E-state index contributed by atoms with van der Waals surface area (Å²) < 4.78 is 0. The summed E-state index contributed by atoms with van der Waals surface area (Å²) >= 11 is 0. The number of fused-ring (bicyclic) bond motifs is 5. The van der Waals surface area contributed by atoms with Crippen LogP contribution in [-0.4, -0.2) is 11.6 Å². The van der Waals surface area contributed by atoms with E-state index in [-0.39, 0.29) is 28.8 Å². The summed E-state index contributed by atoms with van der Waals surface area (Å²) in [4.78, 5) is 25.1. The molecule has 3 aliphatic rings. The molecule has 0 spiro atoms. The lowest BCUT2D eigenvalue weighted by atomic mass is 9.45. The van der Waals surface area contributed by atoms with Crippen LogP contribution in [0.25, 0.3) is 0 Å². The molecular weight excluding hydrogens is 224 g/mol. The molecule has 0 aromatic carbocycles. The maximum Gasteiger partial charge on any atom is 0.147 e. The molecule has 6 atom stereocenters. The largest absolute Gasteiger partial charge is 0.299 e. The van der Waals surface area contributed by atoms with E-state index in [1.165, 1.54) is 0 Å². The molecule has 0 N–H and O–H groups in total. The van der Waals surface area contributed by atoms with Crippen molar-refractivity contribution in [1.82, 2.24) is 0 Å². The van der Waals surface area contributed by atoms with Crippen LogP contribution < -0.4 is 0 Å². The minimum absolute atomic E-state index is 0.0147. The summed E-state index contributed by atoms with van der Waals surface area (Å²) in [5, 5.41) is 0. The predicted molar refractivity (Wildman–Crippen MR) is 70.0 cm³/mol. The third-order valence-electron chi connectivity index (χ3n) is 8.22. The quantitative estimate of drug-likeness (QED) is 0.617. The van der Waals surface area contributed by atoms with Crippen LogP contribution in [0.3, 0.4) is 0 Å². The Kier molecular flexibility index (Phi) is 1.90. The van der Waals surface area contributed by atoms with E-state index < -0.39 is 10.8 Å². The standard InChI is InChI=1S/C16H24O2/c1-9-10(2)14(4)8-13(9,3)15(5)11(17)7-12(18)16(14,15)6/h9-10H,7-8H2,1-6H3. The fourth-order valence-corrected chi connectivity index (χ4v) is 6.29. The normalized spacial score (nSPS) is 62.6. The van der Waals surface area contributed by atoms with Crippen molar-refractivity contribution in [3.05, 3.63) is 0 Å². The highest BCUT2D eigenvalue weighted by Crippen LogP contribution is 2.83. The van der Waals surface area contributed by atoms with E-state index in [1.54, 1.807) is 0 Å². The summed E-state index contributed by atoms with van der Waals surface area (Å²) in [5.74, 6) is 1.41. The average molecular weight is 248 g/mol. The zero-order chi connectivity index (χ0) is 13.7. The van der Waals surface area contributed by atoms with Crippen molar-refractivity contribution in [2.24, 2.45) is 33.5 Å². The second-order valence-electron chi connectivity index (χ2n) is 7.86. The van der Waals surface area contributed by atoms with Gasteiger partial charge in [0, 0.05) is 10.8 Å². The Labute approximate surface area is 110 Å². The lowest BCUT2D eigenvalue weighted by Gasteiger charge is -2.56. The molecule has 0 aromatic heterocycles. The van der Waals surface area contributed by atoms with Crippen molar-refractivity contribution >= 4 is 11.6 Å². The van der Waals surface area contributed by atoms with E-state index >= 15 is 0 Å². The number of Topliss-reactive ketones (excluding diaryl/α,β-unsaturated/α-hetero) is 2. The Morgan fingerprint density at radius 1 is 0.833 bits per heavy atom. The Morgan fingerprint density at radius 3 is 1.50 bits per heavy atom. The monoisotopic (exact) mass is 248 g/mol. The van der Waals surface area contributed by atoms with Crippen LogP contribution in [0.5, 0.6) is 0 Å². The lowest BCUT2D eigenvalue weighted by Crippen LogP contribution is -2.57. The van der Waals surface area contributed by atoms with E-state index in [4.69, 9.17) is 0 Å². The maximum atomic E-state index is 12.6. The van der Waals surface area contributed by atoms with E-state index in [1.807, 2.05) is 0 Å². The summed E-state index contributed by atoms with van der Waals surface area (Å²) in [6.07, 6.45) is 1.18. The van der Waals surface area contributed by atoms with Crippen molar-refractivity contribution < 1.29 is 9.59 Å². The van der Waals surface area contributed by atoms with Gasteiger partial charge in [-0.2, -0.15) is 0 Å². The molecular formula is C16H24O2. The second kappa shape index (κ2) is 2.76. The maximum absolute atomic E-state index is 12.6. The Bertz CT molecular complexity index is 439. The fourth-order valence-electron chi connectivity index (χ4n) is 6.29. The molecule has 0 radical (unpaired) electrons. The number of hydrogen-bond acceptors (Lipinski definition) is 2. The van der Waals surface area contributed by atoms with Crippen LogP contribution in [0.4, 0.5) is 0 Å². The first kappa shape index (κ1) is 12.4. The SMILES string of the molecule is CC1C(C)C2(C)CC1(C)C1(C)C(=O)CC(=O)C21C. The molecule has 6 unspecified atom stereocenters. The van der Waals surface area contributed by atoms with Crippen LogP contribution in [0, 0.1) is 33.5 Å². The molecule has 3 saturated carbocycles. The first-order valence-electron chi connectivity index (χ1n) is 7.14. The minimum atomic E-state index is -0.447. The highest BCUT2D eigenvalue weighted by atomic mass is 16.2. The number of hydrogen-bond donors (Lipinski definition) is 0. The summed E-state index contributed by atoms with van der Waals surface area (Å²) in [5.41, 5.74) is -0.923. The third kappa shape index (κ3) is 0.762. The molecule has 2 heteroatoms. The van der Waals surface area contributed by atoms with Crippen molar-refractivity contribution in [3.63, 3.8) is 0 Å². The minimum Gasteiger partial charge on any atom is -0.299 e. The highest BCUT2D eigenvalue weighted by Gasteiger charge is 2.84. The van der Waals surface area contributed by atoms with Gasteiger partial charge in [-0.15, -0.1) is 0 Å². The molecule has 18 heavy (non-hydrogen) atoms. The highest BCUT2D eigenvalue weighted by molar-refractivity contribution is 6.14. The van der Waals surface area contributed by atoms with Crippen molar-refractivity contribution in [3.8, 4) is 0 Å². The van der Waals surface area contributed by atoms with Gasteiger partial charge in [0.1, 0.15) is 11.6 Å². The molecule has 3 rings (SSSR count). The third-order valence-corrected chi connectivity index (χ3v) is 8.22. The zero-order valence-electron chi connectivity index (χ0n) is 12.4. The van der Waals surface area contributed by atoms with Gasteiger partial charge in [-0.1, -0.05) is 41.5 Å². The summed E-state index contributed by atoms with van der Waals surface area (Å²) in [6, 6.07) is 0. The van der Waals surface area contributed by atoms with Gasteiger partial charge < -0.3 is 0 Å². The van der Waals surface area contributed by atoms with Crippen LogP contribution >= 0.6 is 0 Å². The van der Waals surface area contributed by atoms with Gasteiger partial charge in [0.25, 0.3) is 0 Å². The van der Waals surface area contributed by atoms with Crippen LogP contribution in [-0.2, 0) is 9.59 Å². The Hall–Kier alpha value is -0.660. The molecule has 100 valence electrons. The first-order valence-corrected chi connectivity index (χ1v) is 7.14. The van der Waals surface area contributed by atoms with Gasteiger partial charge in [-0.25, -0.2) is 0 Å². The zero-order valence-corrected chi connectivity index (χ0v) is 12.4. The van der Waals surface area contributed by atoms with E-state index in [9.17, 15) is 9.59 Å². The summed E-state index contributed by atoms with van der Waals surface area (Å²) in [6.45, 7) is 13.2. The molecule has 3 aliphatic carbocycles. The van der Waals surface area contributed by atoms with Crippen molar-refractivity contribution in [1.29, 1.82) is 0 Å². The van der Waals surface area contributed by atoms with Gasteiger partial charge in [0.2, 0.25) is 0 Å². The van der Waals surface area contributed by atoms with Gasteiger partial charge in [0.05, 0.1) is 6.42 Å². The molecule has 2 bridgehead atoms. The average Bonchev–Trinajstić information content (AvgIpc) is 2.66. The van der Waals surface area contributed by atoms with Gasteiger partial charge in [-0.3, -0.25) is 9.59 Å². The molecule has 2 nitrogen and oxygen atoms in total. The first-order chi connectivity index (χ1) is 8.07. The Balaban J connectivity index is 2.35.